The summed E-state index contributed by atoms with van der Waals surface area (Å²) in [5.74, 6) is -0.580. The lowest BCUT2D eigenvalue weighted by molar-refractivity contribution is 0.252. The van der Waals surface area contributed by atoms with Crippen molar-refractivity contribution in [1.29, 1.82) is 5.26 Å². The molecule has 0 saturated heterocycles. The lowest BCUT2D eigenvalue weighted by Crippen LogP contribution is -2.33. The fourth-order valence-electron chi connectivity index (χ4n) is 2.96. The highest BCUT2D eigenvalue weighted by Crippen LogP contribution is 2.21. The van der Waals surface area contributed by atoms with Crippen LogP contribution in [0.4, 0.5) is 20.6 Å². The second-order valence-electron chi connectivity index (χ2n) is 6.44. The molecule has 0 bridgehead atoms. The van der Waals surface area contributed by atoms with E-state index in [1.165, 1.54) is 12.1 Å². The van der Waals surface area contributed by atoms with Gasteiger partial charge in [0.05, 0.1) is 22.8 Å². The number of nitriles is 1. The molecule has 0 aliphatic rings. The highest BCUT2D eigenvalue weighted by atomic mass is 19.1. The number of aromatic nitrogens is 2. The van der Waals surface area contributed by atoms with Gasteiger partial charge in [0.25, 0.3) is 0 Å². The van der Waals surface area contributed by atoms with E-state index in [2.05, 4.69) is 21.0 Å². The molecule has 0 aliphatic carbocycles. The quantitative estimate of drug-likeness (QED) is 0.557. The number of amides is 2. The molecule has 0 atom stereocenters. The van der Waals surface area contributed by atoms with Crippen LogP contribution < -0.4 is 16.0 Å². The van der Waals surface area contributed by atoms with Crippen LogP contribution in [0.2, 0.25) is 0 Å². The molecule has 3 rings (SSSR count). The third-order valence-electron chi connectivity index (χ3n) is 4.24. The van der Waals surface area contributed by atoms with Crippen molar-refractivity contribution in [1.82, 2.24) is 15.1 Å². The molecular weight excluding hydrogens is 371 g/mol. The molecule has 2 aromatic carbocycles. The minimum Gasteiger partial charge on any atom is -0.382 e. The Balaban J connectivity index is 1.58. The minimum absolute atomic E-state index is 0.0456. The molecule has 0 unspecified atom stereocenters. The van der Waals surface area contributed by atoms with Gasteiger partial charge in [-0.15, -0.1) is 0 Å². The first kappa shape index (κ1) is 19.9. The fourth-order valence-corrected chi connectivity index (χ4v) is 2.96. The van der Waals surface area contributed by atoms with Crippen LogP contribution >= 0.6 is 0 Å². The van der Waals surface area contributed by atoms with Crippen molar-refractivity contribution in [3.63, 3.8) is 0 Å². The second kappa shape index (κ2) is 8.89. The summed E-state index contributed by atoms with van der Waals surface area (Å²) in [5.41, 5.74) is 3.60. The number of urea groups is 1. The zero-order chi connectivity index (χ0) is 20.8. The molecule has 0 saturated carbocycles. The number of carbonyl (C=O) groups excluding carboxylic acids is 1. The summed E-state index contributed by atoms with van der Waals surface area (Å²) < 4.78 is 15.4. The van der Waals surface area contributed by atoms with Crippen LogP contribution in [0.5, 0.6) is 0 Å². The fraction of sp³-hybridized carbons (Fsp3) is 0.190. The Labute approximate surface area is 168 Å². The topological polar surface area (TPSA) is 94.8 Å². The minimum atomic E-state index is -0.580. The largest absolute Gasteiger partial charge is 0.382 e. The summed E-state index contributed by atoms with van der Waals surface area (Å²) in [4.78, 5) is 12.3. The number of halogens is 1. The van der Waals surface area contributed by atoms with Crippen LogP contribution in [-0.4, -0.2) is 28.9 Å². The van der Waals surface area contributed by atoms with E-state index < -0.39 is 5.82 Å². The number of nitrogens with one attached hydrogen (secondary N) is 3. The third-order valence-corrected chi connectivity index (χ3v) is 4.24. The number of rotatable bonds is 6. The Morgan fingerprint density at radius 1 is 1.14 bits per heavy atom. The molecule has 3 N–H and O–H groups in total. The Kier molecular flexibility index (Phi) is 6.09. The van der Waals surface area contributed by atoms with Gasteiger partial charge in [-0.2, -0.15) is 10.4 Å². The van der Waals surface area contributed by atoms with Gasteiger partial charge < -0.3 is 16.0 Å². The lowest BCUT2D eigenvalue weighted by Gasteiger charge is -2.14. The van der Waals surface area contributed by atoms with E-state index in [1.54, 1.807) is 16.8 Å². The maximum Gasteiger partial charge on any atom is 0.319 e. The zero-order valence-corrected chi connectivity index (χ0v) is 16.2. The molecule has 8 heteroatoms. The van der Waals surface area contributed by atoms with Gasteiger partial charge >= 0.3 is 6.03 Å². The molecular formula is C21H21FN6O. The van der Waals surface area contributed by atoms with E-state index in [0.717, 1.165) is 17.1 Å². The van der Waals surface area contributed by atoms with Crippen LogP contribution in [0, 0.1) is 31.0 Å². The van der Waals surface area contributed by atoms with E-state index in [-0.39, 0.29) is 18.1 Å². The number of benzene rings is 2. The number of hydrogen-bond acceptors (Lipinski definition) is 4. The average Bonchev–Trinajstić information content (AvgIpc) is 3.03. The van der Waals surface area contributed by atoms with Crippen molar-refractivity contribution in [2.24, 2.45) is 0 Å². The van der Waals surface area contributed by atoms with Crippen LogP contribution in [0.3, 0.4) is 0 Å². The standard InChI is InChI=1S/C21H21FN6O/c1-14-12-15(2)28(27-14)20-9-4-3-7-19(20)26-21(29)25-11-10-24-18-8-5-6-17(22)16(18)13-23/h3-9,12,24H,10-11H2,1-2H3,(H2,25,26,29). The van der Waals surface area contributed by atoms with E-state index in [9.17, 15) is 9.18 Å². The summed E-state index contributed by atoms with van der Waals surface area (Å²) in [7, 11) is 0. The molecule has 0 fully saturated rings. The smallest absolute Gasteiger partial charge is 0.319 e. The van der Waals surface area contributed by atoms with Gasteiger partial charge in [0, 0.05) is 18.8 Å². The monoisotopic (exact) mass is 392 g/mol. The number of para-hydroxylation sites is 2. The van der Waals surface area contributed by atoms with Crippen molar-refractivity contribution >= 4 is 17.4 Å². The van der Waals surface area contributed by atoms with Crippen molar-refractivity contribution in [3.8, 4) is 11.8 Å². The van der Waals surface area contributed by atoms with E-state index in [1.807, 2.05) is 44.2 Å². The Bertz CT molecular complexity index is 1070. The molecule has 0 spiro atoms. The lowest BCUT2D eigenvalue weighted by atomic mass is 10.2. The Morgan fingerprint density at radius 3 is 2.62 bits per heavy atom. The first-order valence-electron chi connectivity index (χ1n) is 9.09. The van der Waals surface area contributed by atoms with Crippen molar-refractivity contribution in [3.05, 3.63) is 71.3 Å². The maximum atomic E-state index is 13.6. The molecule has 0 radical (unpaired) electrons. The summed E-state index contributed by atoms with van der Waals surface area (Å²) in [6, 6.07) is 15.2. The van der Waals surface area contributed by atoms with Crippen LogP contribution in [0.1, 0.15) is 17.0 Å². The van der Waals surface area contributed by atoms with Crippen LogP contribution in [-0.2, 0) is 0 Å². The SMILES string of the molecule is Cc1cc(C)n(-c2ccccc2NC(=O)NCCNc2cccc(F)c2C#N)n1. The molecule has 148 valence electrons. The number of aryl methyl sites for hydroxylation is 2. The van der Waals surface area contributed by atoms with Gasteiger partial charge in [-0.05, 0) is 44.2 Å². The van der Waals surface area contributed by atoms with Crippen LogP contribution in [0.15, 0.2) is 48.5 Å². The molecule has 0 aliphatic heterocycles. The van der Waals surface area contributed by atoms with Gasteiger partial charge in [-0.1, -0.05) is 18.2 Å². The predicted octanol–water partition coefficient (Wildman–Crippen LogP) is 3.73. The Morgan fingerprint density at radius 2 is 1.90 bits per heavy atom. The van der Waals surface area contributed by atoms with Crippen molar-refractivity contribution < 1.29 is 9.18 Å². The highest BCUT2D eigenvalue weighted by Gasteiger charge is 2.11. The number of carbonyl (C=O) groups is 1. The number of anilines is 2. The predicted molar refractivity (Wildman–Crippen MR) is 110 cm³/mol. The van der Waals surface area contributed by atoms with Crippen LogP contribution in [0.25, 0.3) is 5.69 Å². The number of nitrogens with zero attached hydrogens (tertiary/aromatic N) is 3. The first-order chi connectivity index (χ1) is 14.0. The zero-order valence-electron chi connectivity index (χ0n) is 16.2. The molecule has 3 aromatic rings. The molecule has 1 aromatic heterocycles. The average molecular weight is 392 g/mol. The van der Waals surface area contributed by atoms with Gasteiger partial charge in [-0.3, -0.25) is 0 Å². The first-order valence-corrected chi connectivity index (χ1v) is 9.09. The second-order valence-corrected chi connectivity index (χ2v) is 6.44. The molecule has 29 heavy (non-hydrogen) atoms. The van der Waals surface area contributed by atoms with E-state index in [0.29, 0.717) is 17.9 Å². The van der Waals surface area contributed by atoms with Crippen molar-refractivity contribution in [2.75, 3.05) is 23.7 Å². The molecule has 1 heterocycles. The summed E-state index contributed by atoms with van der Waals surface area (Å²) in [6.07, 6.45) is 0. The van der Waals surface area contributed by atoms with Crippen molar-refractivity contribution in [2.45, 2.75) is 13.8 Å². The van der Waals surface area contributed by atoms with E-state index in [4.69, 9.17) is 5.26 Å². The van der Waals surface area contributed by atoms with Gasteiger partial charge in [-0.25, -0.2) is 13.9 Å². The van der Waals surface area contributed by atoms with Gasteiger partial charge in [0.1, 0.15) is 17.4 Å². The summed E-state index contributed by atoms with van der Waals surface area (Å²) in [6.45, 7) is 4.49. The number of hydrogen-bond donors (Lipinski definition) is 3. The Hall–Kier alpha value is -3.86. The van der Waals surface area contributed by atoms with Gasteiger partial charge in [0.2, 0.25) is 0 Å². The molecule has 2 amide bonds. The third kappa shape index (κ3) is 4.71. The maximum absolute atomic E-state index is 13.6. The molecule has 7 nitrogen and oxygen atoms in total. The summed E-state index contributed by atoms with van der Waals surface area (Å²) in [5, 5.41) is 22.0. The van der Waals surface area contributed by atoms with Gasteiger partial charge in [0.15, 0.2) is 0 Å². The van der Waals surface area contributed by atoms with E-state index >= 15 is 0 Å². The highest BCUT2D eigenvalue weighted by molar-refractivity contribution is 5.91. The summed E-state index contributed by atoms with van der Waals surface area (Å²) >= 11 is 0. The normalized spacial score (nSPS) is 10.3.